The zero-order chi connectivity index (χ0) is 31.8. The zero-order valence-corrected chi connectivity index (χ0v) is 23.0. The highest BCUT2D eigenvalue weighted by Crippen LogP contribution is 2.43. The van der Waals surface area contributed by atoms with E-state index < -0.39 is 97.3 Å². The summed E-state index contributed by atoms with van der Waals surface area (Å²) in [5, 5.41) is 12.2. The van der Waals surface area contributed by atoms with Gasteiger partial charge in [0.1, 0.15) is 17.0 Å². The van der Waals surface area contributed by atoms with Crippen LogP contribution in [0.1, 0.15) is 96.8 Å². The minimum absolute atomic E-state index is 0.00674. The number of fused-ring (bicyclic) bond motifs is 1. The molecule has 17 heteroatoms. The first kappa shape index (κ1) is 31.6. The first-order chi connectivity index (χ1) is 20.7. The summed E-state index contributed by atoms with van der Waals surface area (Å²) in [6, 6.07) is 1.10. The molecule has 0 unspecified atom stereocenters. The third kappa shape index (κ3) is 7.29. The van der Waals surface area contributed by atoms with Crippen molar-refractivity contribution >= 4 is 22.8 Å². The third-order valence-electron chi connectivity index (χ3n) is 7.94. The average Bonchev–Trinajstić information content (AvgIpc) is 3.49. The smallest absolute Gasteiger partial charge is 0.355 e. The van der Waals surface area contributed by atoms with Crippen molar-refractivity contribution in [3.8, 4) is 0 Å². The van der Waals surface area contributed by atoms with Gasteiger partial charge in [0.25, 0.3) is 5.91 Å². The second-order valence-electron chi connectivity index (χ2n) is 11.2. The van der Waals surface area contributed by atoms with Gasteiger partial charge in [-0.2, -0.15) is 13.2 Å². The van der Waals surface area contributed by atoms with Crippen molar-refractivity contribution < 1.29 is 49.3 Å². The first-order valence-corrected chi connectivity index (χ1v) is 14.0. The molecule has 0 radical (unpaired) electrons. The van der Waals surface area contributed by atoms with Gasteiger partial charge in [0, 0.05) is 37.3 Å². The number of alkyl halides is 7. The standard InChI is InChI=1S/C27H28F8N6O3/c28-17(29)7-10-36-24(42)15(11-27(33,34)35)14-3-4-16-21(18(14)30)38-23(37-16)20(13-5-8-26(31,32)9-6-13)39-25(43)22-19(12-1-2-12)40-44-41-22/h3-4,12-13,15,17,20H,1-2,5-11H2,(H,36,42)(H,37,38)(H,39,43)/t15-,20+/m1/s1. The highest BCUT2D eigenvalue weighted by molar-refractivity contribution is 5.93. The lowest BCUT2D eigenvalue weighted by atomic mass is 9.81. The van der Waals surface area contributed by atoms with Crippen LogP contribution in [0.4, 0.5) is 35.1 Å². The molecule has 0 saturated heterocycles. The third-order valence-corrected chi connectivity index (χ3v) is 7.94. The second kappa shape index (κ2) is 12.3. The number of aromatic nitrogens is 4. The number of imidazole rings is 1. The molecule has 5 rings (SSSR count). The van der Waals surface area contributed by atoms with E-state index in [0.29, 0.717) is 5.69 Å². The van der Waals surface area contributed by atoms with Crippen molar-refractivity contribution in [3.63, 3.8) is 0 Å². The molecule has 2 aliphatic rings. The number of aromatic amines is 1. The normalized spacial score (nSPS) is 18.8. The topological polar surface area (TPSA) is 126 Å². The number of rotatable bonds is 11. The fraction of sp³-hybridized carbons (Fsp3) is 0.593. The maximum absolute atomic E-state index is 15.8. The Morgan fingerprint density at radius 1 is 1.09 bits per heavy atom. The number of H-pyrrole nitrogens is 1. The van der Waals surface area contributed by atoms with E-state index in [-0.39, 0.29) is 35.8 Å². The monoisotopic (exact) mass is 636 g/mol. The van der Waals surface area contributed by atoms with Crippen LogP contribution < -0.4 is 10.6 Å². The summed E-state index contributed by atoms with van der Waals surface area (Å²) >= 11 is 0. The van der Waals surface area contributed by atoms with Crippen LogP contribution in [0, 0.1) is 11.7 Å². The van der Waals surface area contributed by atoms with Crippen LogP contribution in [-0.2, 0) is 4.79 Å². The predicted molar refractivity (Wildman–Crippen MR) is 136 cm³/mol. The molecule has 2 heterocycles. The summed E-state index contributed by atoms with van der Waals surface area (Å²) in [5.74, 6) is -8.92. The molecule has 3 N–H and O–H groups in total. The summed E-state index contributed by atoms with van der Waals surface area (Å²) in [5.41, 5.74) is -0.849. The predicted octanol–water partition coefficient (Wildman–Crippen LogP) is 6.07. The van der Waals surface area contributed by atoms with Gasteiger partial charge < -0.3 is 15.6 Å². The van der Waals surface area contributed by atoms with Gasteiger partial charge in [0.05, 0.1) is 23.9 Å². The molecule has 44 heavy (non-hydrogen) atoms. The number of amides is 2. The van der Waals surface area contributed by atoms with Crippen LogP contribution in [0.2, 0.25) is 0 Å². The molecule has 9 nitrogen and oxygen atoms in total. The number of hydrogen-bond donors (Lipinski definition) is 3. The molecule has 0 spiro atoms. The fourth-order valence-electron chi connectivity index (χ4n) is 5.49. The van der Waals surface area contributed by atoms with Crippen molar-refractivity contribution in [2.75, 3.05) is 6.54 Å². The molecule has 2 atom stereocenters. The van der Waals surface area contributed by atoms with Crippen LogP contribution in [0.25, 0.3) is 11.0 Å². The van der Waals surface area contributed by atoms with Gasteiger partial charge in [-0.05, 0) is 42.8 Å². The van der Waals surface area contributed by atoms with E-state index in [1.54, 1.807) is 0 Å². The molecule has 2 fully saturated rings. The minimum atomic E-state index is -4.91. The van der Waals surface area contributed by atoms with E-state index in [0.717, 1.165) is 18.9 Å². The Kier molecular flexibility index (Phi) is 8.84. The van der Waals surface area contributed by atoms with Crippen molar-refractivity contribution in [2.45, 2.75) is 87.8 Å². The van der Waals surface area contributed by atoms with E-state index in [4.69, 9.17) is 4.63 Å². The first-order valence-electron chi connectivity index (χ1n) is 14.0. The Labute approximate surface area is 244 Å². The molecule has 1 aromatic carbocycles. The highest BCUT2D eigenvalue weighted by atomic mass is 19.4. The van der Waals surface area contributed by atoms with Gasteiger partial charge in [-0.25, -0.2) is 31.6 Å². The number of benzene rings is 1. The largest absolute Gasteiger partial charge is 0.390 e. The number of carbonyl (C=O) groups excluding carboxylic acids is 2. The molecular weight excluding hydrogens is 608 g/mol. The number of hydrogen-bond acceptors (Lipinski definition) is 6. The Morgan fingerprint density at radius 2 is 1.80 bits per heavy atom. The quantitative estimate of drug-likeness (QED) is 0.220. The molecule has 0 bridgehead atoms. The molecule has 240 valence electrons. The second-order valence-corrected chi connectivity index (χ2v) is 11.2. The zero-order valence-electron chi connectivity index (χ0n) is 23.0. The van der Waals surface area contributed by atoms with Crippen LogP contribution in [0.15, 0.2) is 16.8 Å². The number of nitrogens with one attached hydrogen (secondary N) is 3. The van der Waals surface area contributed by atoms with Gasteiger partial charge in [-0.3, -0.25) is 9.59 Å². The van der Waals surface area contributed by atoms with Crippen LogP contribution >= 0.6 is 0 Å². The molecule has 0 aliphatic heterocycles. The number of halogens is 8. The van der Waals surface area contributed by atoms with Crippen LogP contribution in [0.5, 0.6) is 0 Å². The minimum Gasteiger partial charge on any atom is -0.355 e. The Balaban J connectivity index is 1.47. The van der Waals surface area contributed by atoms with Crippen LogP contribution in [-0.4, -0.2) is 57.2 Å². The highest BCUT2D eigenvalue weighted by Gasteiger charge is 2.42. The molecule has 2 saturated carbocycles. The summed E-state index contributed by atoms with van der Waals surface area (Å²) in [7, 11) is 0. The van der Waals surface area contributed by atoms with Gasteiger partial charge >= 0.3 is 6.18 Å². The molecule has 2 aliphatic carbocycles. The van der Waals surface area contributed by atoms with Crippen molar-refractivity contribution in [3.05, 3.63) is 40.7 Å². The van der Waals surface area contributed by atoms with E-state index in [2.05, 4.69) is 25.6 Å². The summed E-state index contributed by atoms with van der Waals surface area (Å²) in [4.78, 5) is 32.9. The molecule has 3 aromatic rings. The van der Waals surface area contributed by atoms with E-state index in [9.17, 15) is 40.3 Å². The summed E-state index contributed by atoms with van der Waals surface area (Å²) in [6.45, 7) is -0.618. The van der Waals surface area contributed by atoms with E-state index in [1.807, 2.05) is 5.32 Å². The van der Waals surface area contributed by atoms with Crippen LogP contribution in [0.3, 0.4) is 0 Å². The van der Waals surface area contributed by atoms with Gasteiger partial charge in [0.15, 0.2) is 11.5 Å². The van der Waals surface area contributed by atoms with Crippen molar-refractivity contribution in [1.82, 2.24) is 30.9 Å². The lowest BCUT2D eigenvalue weighted by molar-refractivity contribution is -0.148. The van der Waals surface area contributed by atoms with E-state index >= 15 is 4.39 Å². The van der Waals surface area contributed by atoms with E-state index in [1.165, 1.54) is 6.07 Å². The molecule has 2 aromatic heterocycles. The Bertz CT molecular complexity index is 1490. The van der Waals surface area contributed by atoms with Crippen molar-refractivity contribution in [1.29, 1.82) is 0 Å². The van der Waals surface area contributed by atoms with Crippen molar-refractivity contribution in [2.24, 2.45) is 5.92 Å². The maximum atomic E-state index is 15.8. The molecular formula is C27H28F8N6O3. The Morgan fingerprint density at radius 3 is 2.43 bits per heavy atom. The Hall–Kier alpha value is -3.79. The fourth-order valence-corrected chi connectivity index (χ4v) is 5.49. The van der Waals surface area contributed by atoms with Gasteiger partial charge in [-0.1, -0.05) is 11.2 Å². The molecule has 2 amide bonds. The summed E-state index contributed by atoms with van der Waals surface area (Å²) in [6.07, 6.45) is -9.72. The van der Waals surface area contributed by atoms with Gasteiger partial charge in [0.2, 0.25) is 18.3 Å². The lowest BCUT2D eigenvalue weighted by Gasteiger charge is -2.33. The average molecular weight is 637 g/mol. The number of carbonyl (C=O) groups is 2. The van der Waals surface area contributed by atoms with Gasteiger partial charge in [-0.15, -0.1) is 0 Å². The maximum Gasteiger partial charge on any atom is 0.390 e. The lowest BCUT2D eigenvalue weighted by Crippen LogP contribution is -2.38. The number of nitrogens with zero attached hydrogens (tertiary/aromatic N) is 3. The summed E-state index contributed by atoms with van der Waals surface area (Å²) < 4.78 is 114. The SMILES string of the molecule is O=C(N[C@H](c1nc2c(F)c([C@@H](CC(F)(F)F)C(=O)NCCC(F)F)ccc2[nH]1)C1CCC(F)(F)CC1)c1nonc1C1CC1.